The Morgan fingerprint density at radius 2 is 1.58 bits per heavy atom. The van der Waals surface area contributed by atoms with Gasteiger partial charge in [-0.1, -0.05) is 55.7 Å². The lowest BCUT2D eigenvalue weighted by molar-refractivity contribution is 0.442. The molecule has 0 aliphatic heterocycles. The number of fused-ring (bicyclic) bond motifs is 3. The average Bonchev–Trinajstić information content (AvgIpc) is 2.87. The molecule has 2 aromatic carbocycles. The third-order valence-corrected chi connectivity index (χ3v) is 4.48. The van der Waals surface area contributed by atoms with Crippen molar-refractivity contribution in [1.29, 1.82) is 0 Å². The lowest BCUT2D eigenvalue weighted by Crippen LogP contribution is -2.04. The summed E-state index contributed by atoms with van der Waals surface area (Å²) in [5.41, 5.74) is 3.56. The van der Waals surface area contributed by atoms with Gasteiger partial charge in [-0.2, -0.15) is 0 Å². The van der Waals surface area contributed by atoms with Crippen molar-refractivity contribution in [3.8, 4) is 0 Å². The van der Waals surface area contributed by atoms with E-state index in [-0.39, 0.29) is 0 Å². The van der Waals surface area contributed by atoms with Gasteiger partial charge in [0.1, 0.15) is 11.2 Å². The molecule has 0 amide bonds. The van der Waals surface area contributed by atoms with Crippen LogP contribution in [0.3, 0.4) is 0 Å². The second kappa shape index (κ2) is 4.41. The molecule has 19 heavy (non-hydrogen) atoms. The van der Waals surface area contributed by atoms with E-state index in [1.165, 1.54) is 48.4 Å². The predicted octanol–water partition coefficient (Wildman–Crippen LogP) is 5.63. The van der Waals surface area contributed by atoms with Crippen LogP contribution in [0.5, 0.6) is 0 Å². The van der Waals surface area contributed by atoms with Gasteiger partial charge < -0.3 is 4.42 Å². The number of benzene rings is 2. The van der Waals surface area contributed by atoms with Gasteiger partial charge in [0.2, 0.25) is 0 Å². The van der Waals surface area contributed by atoms with Crippen LogP contribution in [0.1, 0.15) is 43.6 Å². The van der Waals surface area contributed by atoms with Crippen molar-refractivity contribution in [3.63, 3.8) is 0 Å². The summed E-state index contributed by atoms with van der Waals surface area (Å²) in [6.45, 7) is 0. The van der Waals surface area contributed by atoms with E-state index in [1.54, 1.807) is 0 Å². The third kappa shape index (κ3) is 1.76. The van der Waals surface area contributed by atoms with Crippen LogP contribution in [0.4, 0.5) is 0 Å². The molecule has 1 aliphatic rings. The molecule has 3 aromatic rings. The van der Waals surface area contributed by atoms with E-state index in [1.807, 2.05) is 6.07 Å². The minimum absolute atomic E-state index is 0.693. The topological polar surface area (TPSA) is 13.1 Å². The van der Waals surface area contributed by atoms with Gasteiger partial charge in [0.25, 0.3) is 0 Å². The lowest BCUT2D eigenvalue weighted by atomic mass is 9.83. The standard InChI is InChI=1S/C18H18O/c1-2-7-13(8-3-1)14-10-6-11-16-15-9-4-5-12-17(15)19-18(14)16/h4-6,9-13H,1-3,7-8H2. The van der Waals surface area contributed by atoms with Crippen LogP contribution in [-0.2, 0) is 0 Å². The van der Waals surface area contributed by atoms with Gasteiger partial charge in [0, 0.05) is 10.8 Å². The molecular weight excluding hydrogens is 232 g/mol. The van der Waals surface area contributed by atoms with E-state index in [4.69, 9.17) is 4.42 Å². The van der Waals surface area contributed by atoms with Gasteiger partial charge in [-0.15, -0.1) is 0 Å². The first-order valence-corrected chi connectivity index (χ1v) is 7.33. The first-order valence-electron chi connectivity index (χ1n) is 7.33. The second-order valence-electron chi connectivity index (χ2n) is 5.66. The zero-order chi connectivity index (χ0) is 12.7. The van der Waals surface area contributed by atoms with Gasteiger partial charge in [0.05, 0.1) is 0 Å². The largest absolute Gasteiger partial charge is 0.456 e. The van der Waals surface area contributed by atoms with Crippen LogP contribution in [0.25, 0.3) is 21.9 Å². The number of hydrogen-bond donors (Lipinski definition) is 0. The van der Waals surface area contributed by atoms with Crippen molar-refractivity contribution in [2.24, 2.45) is 0 Å². The van der Waals surface area contributed by atoms with Crippen molar-refractivity contribution < 1.29 is 4.42 Å². The molecule has 4 rings (SSSR count). The summed E-state index contributed by atoms with van der Waals surface area (Å²) >= 11 is 0. The quantitative estimate of drug-likeness (QED) is 0.545. The smallest absolute Gasteiger partial charge is 0.138 e. The predicted molar refractivity (Wildman–Crippen MR) is 79.5 cm³/mol. The summed E-state index contributed by atoms with van der Waals surface area (Å²) in [5, 5.41) is 2.52. The lowest BCUT2D eigenvalue weighted by Gasteiger charge is -2.21. The van der Waals surface area contributed by atoms with Crippen LogP contribution in [-0.4, -0.2) is 0 Å². The summed E-state index contributed by atoms with van der Waals surface area (Å²) in [6.07, 6.45) is 6.75. The molecule has 1 aliphatic carbocycles. The molecule has 1 fully saturated rings. The van der Waals surface area contributed by atoms with Crippen molar-refractivity contribution in [2.45, 2.75) is 38.0 Å². The Balaban J connectivity index is 1.95. The van der Waals surface area contributed by atoms with Crippen LogP contribution >= 0.6 is 0 Å². The van der Waals surface area contributed by atoms with Gasteiger partial charge in [-0.3, -0.25) is 0 Å². The Kier molecular flexibility index (Phi) is 2.58. The highest BCUT2D eigenvalue weighted by molar-refractivity contribution is 6.05. The monoisotopic (exact) mass is 250 g/mol. The normalized spacial score (nSPS) is 17.3. The minimum atomic E-state index is 0.693. The Bertz CT molecular complexity index is 717. The maximum atomic E-state index is 6.14. The maximum absolute atomic E-state index is 6.14. The molecule has 0 saturated heterocycles. The Morgan fingerprint density at radius 3 is 2.47 bits per heavy atom. The first-order chi connectivity index (χ1) is 9.43. The van der Waals surface area contributed by atoms with Crippen molar-refractivity contribution >= 4 is 21.9 Å². The zero-order valence-corrected chi connectivity index (χ0v) is 11.1. The van der Waals surface area contributed by atoms with E-state index in [0.29, 0.717) is 5.92 Å². The highest BCUT2D eigenvalue weighted by Crippen LogP contribution is 2.39. The number of rotatable bonds is 1. The van der Waals surface area contributed by atoms with Gasteiger partial charge in [0.15, 0.2) is 0 Å². The van der Waals surface area contributed by atoms with E-state index in [2.05, 4.69) is 36.4 Å². The Morgan fingerprint density at radius 1 is 0.789 bits per heavy atom. The molecule has 0 unspecified atom stereocenters. The first kappa shape index (κ1) is 11.1. The summed E-state index contributed by atoms with van der Waals surface area (Å²) in [4.78, 5) is 0. The summed E-state index contributed by atoms with van der Waals surface area (Å²) in [7, 11) is 0. The molecule has 1 saturated carbocycles. The molecule has 0 spiro atoms. The molecule has 0 radical (unpaired) electrons. The van der Waals surface area contributed by atoms with E-state index < -0.39 is 0 Å². The fourth-order valence-electron chi connectivity index (χ4n) is 3.50. The van der Waals surface area contributed by atoms with Crippen molar-refractivity contribution in [3.05, 3.63) is 48.0 Å². The van der Waals surface area contributed by atoms with E-state index in [0.717, 1.165) is 11.2 Å². The van der Waals surface area contributed by atoms with Crippen LogP contribution in [0.15, 0.2) is 46.9 Å². The highest BCUT2D eigenvalue weighted by Gasteiger charge is 2.20. The van der Waals surface area contributed by atoms with Crippen molar-refractivity contribution in [2.75, 3.05) is 0 Å². The van der Waals surface area contributed by atoms with Gasteiger partial charge in [-0.25, -0.2) is 0 Å². The Labute approximate surface area is 113 Å². The van der Waals surface area contributed by atoms with Crippen LogP contribution in [0.2, 0.25) is 0 Å². The summed E-state index contributed by atoms with van der Waals surface area (Å²) < 4.78 is 6.14. The van der Waals surface area contributed by atoms with Crippen LogP contribution < -0.4 is 0 Å². The van der Waals surface area contributed by atoms with E-state index in [9.17, 15) is 0 Å². The average molecular weight is 250 g/mol. The molecule has 0 atom stereocenters. The van der Waals surface area contributed by atoms with Crippen molar-refractivity contribution in [1.82, 2.24) is 0 Å². The molecule has 0 bridgehead atoms. The minimum Gasteiger partial charge on any atom is -0.456 e. The molecule has 1 aromatic heterocycles. The number of furan rings is 1. The fraction of sp³-hybridized carbons (Fsp3) is 0.333. The molecule has 0 N–H and O–H groups in total. The van der Waals surface area contributed by atoms with Gasteiger partial charge >= 0.3 is 0 Å². The highest BCUT2D eigenvalue weighted by atomic mass is 16.3. The van der Waals surface area contributed by atoms with Gasteiger partial charge in [-0.05, 0) is 30.4 Å². The van der Waals surface area contributed by atoms with Crippen LogP contribution in [0, 0.1) is 0 Å². The summed E-state index contributed by atoms with van der Waals surface area (Å²) in [6, 6.07) is 15.0. The molecule has 96 valence electrons. The fourth-order valence-corrected chi connectivity index (χ4v) is 3.50. The van der Waals surface area contributed by atoms with E-state index >= 15 is 0 Å². The zero-order valence-electron chi connectivity index (χ0n) is 11.1. The number of para-hydroxylation sites is 2. The molecule has 1 heterocycles. The maximum Gasteiger partial charge on any atom is 0.138 e. The Hall–Kier alpha value is -1.76. The molecule has 1 heteroatoms. The molecule has 1 nitrogen and oxygen atoms in total. The SMILES string of the molecule is c1ccc2c(c1)oc1c(C3CCCCC3)cccc12. The molecular formula is C18H18O. The number of hydrogen-bond acceptors (Lipinski definition) is 1. The second-order valence-corrected chi connectivity index (χ2v) is 5.66. The third-order valence-electron chi connectivity index (χ3n) is 4.48. The summed E-state index contributed by atoms with van der Waals surface area (Å²) in [5.74, 6) is 0.693.